The third kappa shape index (κ3) is 2.50. The third-order valence-corrected chi connectivity index (χ3v) is 3.76. The maximum absolute atomic E-state index is 14.3. The van der Waals surface area contributed by atoms with Crippen molar-refractivity contribution >= 4 is 21.6 Å². The van der Waals surface area contributed by atoms with Gasteiger partial charge >= 0.3 is 0 Å². The molecule has 0 radical (unpaired) electrons. The van der Waals surface area contributed by atoms with Crippen LogP contribution in [-0.2, 0) is 0 Å². The number of halogens is 3. The van der Waals surface area contributed by atoms with Gasteiger partial charge in [-0.25, -0.2) is 4.39 Å². The fourth-order valence-electron chi connectivity index (χ4n) is 1.98. The topological polar surface area (TPSA) is 91.7 Å². The summed E-state index contributed by atoms with van der Waals surface area (Å²) in [7, 11) is 1.24. The van der Waals surface area contributed by atoms with Gasteiger partial charge in [-0.15, -0.1) is 5.10 Å². The Labute approximate surface area is 137 Å². The number of benzene rings is 1. The van der Waals surface area contributed by atoms with E-state index >= 15 is 0 Å². The Kier molecular flexibility index (Phi) is 3.90. The molecule has 0 aliphatic rings. The van der Waals surface area contributed by atoms with E-state index in [1.165, 1.54) is 31.6 Å². The van der Waals surface area contributed by atoms with Gasteiger partial charge in [0.1, 0.15) is 5.69 Å². The number of rotatable bonds is 3. The number of tetrazole rings is 1. The minimum absolute atomic E-state index is 0.125. The van der Waals surface area contributed by atoms with Crippen LogP contribution in [0.25, 0.3) is 17.1 Å². The maximum Gasteiger partial charge on any atom is 0.202 e. The van der Waals surface area contributed by atoms with Crippen molar-refractivity contribution in [2.24, 2.45) is 0 Å². The highest BCUT2D eigenvalue weighted by molar-refractivity contribution is 9.10. The van der Waals surface area contributed by atoms with Crippen LogP contribution in [0.4, 0.5) is 14.5 Å². The second-order valence-corrected chi connectivity index (χ2v) is 5.27. The van der Waals surface area contributed by atoms with Gasteiger partial charge < -0.3 is 10.5 Å². The number of methoxy groups -OCH3 is 1. The first-order valence-corrected chi connectivity index (χ1v) is 7.04. The van der Waals surface area contributed by atoms with Crippen LogP contribution in [0.1, 0.15) is 0 Å². The summed E-state index contributed by atoms with van der Waals surface area (Å²) < 4.78 is 34.5. The SMILES string of the molecule is COc1ccc(-n2nnnc2-c2cncc(Br)c2N)c(F)c1F. The number of nitrogens with two attached hydrogens (primary N) is 1. The number of anilines is 1. The van der Waals surface area contributed by atoms with Gasteiger partial charge in [0.25, 0.3) is 0 Å². The molecule has 118 valence electrons. The molecule has 0 saturated carbocycles. The normalized spacial score (nSPS) is 10.8. The molecule has 0 atom stereocenters. The molecule has 0 fully saturated rings. The Bertz CT molecular complexity index is 885. The smallest absolute Gasteiger partial charge is 0.202 e. The Balaban J connectivity index is 2.20. The fourth-order valence-corrected chi connectivity index (χ4v) is 2.32. The van der Waals surface area contributed by atoms with Crippen LogP contribution in [0.5, 0.6) is 5.75 Å². The fraction of sp³-hybridized carbons (Fsp3) is 0.0769. The second kappa shape index (κ2) is 5.88. The lowest BCUT2D eigenvalue weighted by molar-refractivity contribution is 0.371. The molecule has 2 N–H and O–H groups in total. The van der Waals surface area contributed by atoms with Crippen molar-refractivity contribution in [1.82, 2.24) is 25.2 Å². The number of pyridine rings is 1. The first-order valence-electron chi connectivity index (χ1n) is 6.24. The average molecular weight is 383 g/mol. The molecular weight excluding hydrogens is 374 g/mol. The maximum atomic E-state index is 14.3. The summed E-state index contributed by atoms with van der Waals surface area (Å²) in [4.78, 5) is 3.98. The molecular formula is C13H9BrF2N6O. The molecule has 0 aliphatic carbocycles. The van der Waals surface area contributed by atoms with Crippen molar-refractivity contribution in [3.8, 4) is 22.8 Å². The van der Waals surface area contributed by atoms with E-state index in [-0.39, 0.29) is 17.3 Å². The number of hydrogen-bond acceptors (Lipinski definition) is 6. The largest absolute Gasteiger partial charge is 0.494 e. The molecule has 7 nitrogen and oxygen atoms in total. The molecule has 0 saturated heterocycles. The molecule has 10 heteroatoms. The molecule has 0 bridgehead atoms. The van der Waals surface area contributed by atoms with Crippen LogP contribution in [0, 0.1) is 11.6 Å². The van der Waals surface area contributed by atoms with E-state index in [0.717, 1.165) is 4.68 Å². The lowest BCUT2D eigenvalue weighted by Crippen LogP contribution is -2.06. The van der Waals surface area contributed by atoms with E-state index in [1.807, 2.05) is 0 Å². The number of nitrogens with zero attached hydrogens (tertiary/aromatic N) is 5. The van der Waals surface area contributed by atoms with Crippen LogP contribution in [0.3, 0.4) is 0 Å². The quantitative estimate of drug-likeness (QED) is 0.747. The van der Waals surface area contributed by atoms with Gasteiger partial charge in [0, 0.05) is 12.4 Å². The molecule has 2 aromatic heterocycles. The standard InChI is InChI=1S/C13H9BrF2N6O/c1-23-9-3-2-8(10(15)11(9)16)22-13(19-20-21-22)6-4-18-5-7(14)12(6)17/h2-5H,1H3,(H2,17,18). The molecule has 3 aromatic rings. The van der Waals surface area contributed by atoms with Crippen LogP contribution >= 0.6 is 15.9 Å². The molecule has 2 heterocycles. The highest BCUT2D eigenvalue weighted by atomic mass is 79.9. The summed E-state index contributed by atoms with van der Waals surface area (Å²) in [5.74, 6) is -2.37. The number of ether oxygens (including phenoxy) is 1. The first-order chi connectivity index (χ1) is 11.0. The van der Waals surface area contributed by atoms with Crippen LogP contribution < -0.4 is 10.5 Å². The summed E-state index contributed by atoms with van der Waals surface area (Å²) in [5, 5.41) is 11.0. The van der Waals surface area contributed by atoms with Gasteiger partial charge in [0.2, 0.25) is 5.82 Å². The lowest BCUT2D eigenvalue weighted by Gasteiger charge is -2.10. The molecule has 0 spiro atoms. The molecule has 0 unspecified atom stereocenters. The van der Waals surface area contributed by atoms with Crippen LogP contribution in [0.15, 0.2) is 29.0 Å². The van der Waals surface area contributed by atoms with Crippen molar-refractivity contribution in [2.75, 3.05) is 12.8 Å². The summed E-state index contributed by atoms with van der Waals surface area (Å²) in [6.07, 6.45) is 2.93. The van der Waals surface area contributed by atoms with E-state index in [2.05, 4.69) is 36.4 Å². The zero-order chi connectivity index (χ0) is 16.6. The zero-order valence-corrected chi connectivity index (χ0v) is 13.3. The van der Waals surface area contributed by atoms with Gasteiger partial charge in [-0.2, -0.15) is 9.07 Å². The summed E-state index contributed by atoms with van der Waals surface area (Å²) >= 11 is 3.24. The minimum atomic E-state index is -1.14. The van der Waals surface area contributed by atoms with E-state index in [0.29, 0.717) is 15.7 Å². The number of nitrogen functional groups attached to an aromatic ring is 1. The summed E-state index contributed by atoms with van der Waals surface area (Å²) in [6.45, 7) is 0. The van der Waals surface area contributed by atoms with Gasteiger partial charge in [-0.3, -0.25) is 4.98 Å². The molecule has 0 aliphatic heterocycles. The highest BCUT2D eigenvalue weighted by Gasteiger charge is 2.21. The van der Waals surface area contributed by atoms with Gasteiger partial charge in [-0.1, -0.05) is 0 Å². The molecule has 3 rings (SSSR count). The van der Waals surface area contributed by atoms with Gasteiger partial charge in [0.05, 0.1) is 22.8 Å². The van der Waals surface area contributed by atoms with E-state index in [4.69, 9.17) is 10.5 Å². The van der Waals surface area contributed by atoms with Gasteiger partial charge in [0.15, 0.2) is 17.4 Å². The second-order valence-electron chi connectivity index (χ2n) is 4.41. The zero-order valence-electron chi connectivity index (χ0n) is 11.7. The lowest BCUT2D eigenvalue weighted by atomic mass is 10.2. The molecule has 23 heavy (non-hydrogen) atoms. The van der Waals surface area contributed by atoms with Crippen LogP contribution in [-0.4, -0.2) is 32.3 Å². The first kappa shape index (κ1) is 15.3. The Morgan fingerprint density at radius 1 is 1.22 bits per heavy atom. The minimum Gasteiger partial charge on any atom is -0.494 e. The molecule has 1 aromatic carbocycles. The number of aromatic nitrogens is 5. The van der Waals surface area contributed by atoms with E-state index in [9.17, 15) is 8.78 Å². The van der Waals surface area contributed by atoms with Crippen LogP contribution in [0.2, 0.25) is 0 Å². The van der Waals surface area contributed by atoms with E-state index in [1.54, 1.807) is 0 Å². The van der Waals surface area contributed by atoms with Crippen molar-refractivity contribution in [3.63, 3.8) is 0 Å². The van der Waals surface area contributed by atoms with Crippen molar-refractivity contribution in [1.29, 1.82) is 0 Å². The monoisotopic (exact) mass is 382 g/mol. The summed E-state index contributed by atoms with van der Waals surface area (Å²) in [6, 6.07) is 2.58. The number of hydrogen-bond donors (Lipinski definition) is 1. The summed E-state index contributed by atoms with van der Waals surface area (Å²) in [5.41, 5.74) is 6.47. The highest BCUT2D eigenvalue weighted by Crippen LogP contribution is 2.31. The Morgan fingerprint density at radius 2 is 2.00 bits per heavy atom. The predicted octanol–water partition coefficient (Wildman–Crippen LogP) is 2.36. The third-order valence-electron chi connectivity index (χ3n) is 3.12. The Hall–Kier alpha value is -2.62. The van der Waals surface area contributed by atoms with Crippen molar-refractivity contribution in [2.45, 2.75) is 0 Å². The molecule has 0 amide bonds. The van der Waals surface area contributed by atoms with Crippen molar-refractivity contribution < 1.29 is 13.5 Å². The van der Waals surface area contributed by atoms with E-state index < -0.39 is 11.6 Å². The van der Waals surface area contributed by atoms with Gasteiger partial charge in [-0.05, 0) is 38.5 Å². The predicted molar refractivity (Wildman–Crippen MR) is 81.0 cm³/mol. The van der Waals surface area contributed by atoms with Crippen molar-refractivity contribution in [3.05, 3.63) is 40.6 Å². The average Bonchev–Trinajstić information content (AvgIpc) is 3.01. The Morgan fingerprint density at radius 3 is 2.74 bits per heavy atom.